The molecule has 1 aromatic heterocycles. The Kier molecular flexibility index (Phi) is 7.45. The fourth-order valence-corrected chi connectivity index (χ4v) is 5.25. The lowest BCUT2D eigenvalue weighted by molar-refractivity contribution is -0.122. The Labute approximate surface area is 194 Å². The van der Waals surface area contributed by atoms with E-state index in [-0.39, 0.29) is 12.4 Å². The van der Waals surface area contributed by atoms with Gasteiger partial charge >= 0.3 is 0 Å². The Hall–Kier alpha value is -2.71. The Bertz CT molecular complexity index is 928. The second-order valence-corrected chi connectivity index (χ2v) is 9.72. The second kappa shape index (κ2) is 10.5. The molecule has 1 aromatic carbocycles. The second-order valence-electron chi connectivity index (χ2n) is 9.72. The van der Waals surface area contributed by atoms with Gasteiger partial charge in [0.2, 0.25) is 0 Å². The normalized spacial score (nSPS) is 26.5. The highest BCUT2D eigenvalue weighted by atomic mass is 16.5. The molecule has 2 saturated carbocycles. The van der Waals surface area contributed by atoms with Crippen molar-refractivity contribution in [2.75, 3.05) is 33.8 Å². The Morgan fingerprint density at radius 1 is 1.24 bits per heavy atom. The Morgan fingerprint density at radius 2 is 1.97 bits per heavy atom. The number of carboxylic acid groups (broad SMARTS) is 1. The van der Waals surface area contributed by atoms with Crippen LogP contribution in [0.5, 0.6) is 0 Å². The maximum Gasteiger partial charge on any atom is 0.290 e. The summed E-state index contributed by atoms with van der Waals surface area (Å²) in [7, 11) is 4.33. The number of amides is 1. The number of H-pyrrole nitrogens is 1. The lowest BCUT2D eigenvalue weighted by Gasteiger charge is -2.41. The van der Waals surface area contributed by atoms with Gasteiger partial charge in [-0.15, -0.1) is 0 Å². The van der Waals surface area contributed by atoms with Crippen LogP contribution in [0.4, 0.5) is 0 Å². The van der Waals surface area contributed by atoms with Crippen LogP contribution in [0.15, 0.2) is 36.7 Å². The van der Waals surface area contributed by atoms with E-state index in [0.717, 1.165) is 55.1 Å². The molecule has 2 aliphatic carbocycles. The summed E-state index contributed by atoms with van der Waals surface area (Å²) in [5, 5.41) is 13.8. The van der Waals surface area contributed by atoms with Crippen molar-refractivity contribution in [2.24, 2.45) is 17.8 Å². The predicted octanol–water partition coefficient (Wildman–Crippen LogP) is 2.98. The van der Waals surface area contributed by atoms with Crippen LogP contribution < -0.4 is 0 Å². The molecule has 8 nitrogen and oxygen atoms in total. The zero-order valence-corrected chi connectivity index (χ0v) is 19.4. The molecule has 3 aliphatic rings. The molecule has 2 heterocycles. The highest BCUT2D eigenvalue weighted by molar-refractivity contribution is 5.95. The maximum absolute atomic E-state index is 13.3. The molecular weight excluding hydrogens is 420 g/mol. The van der Waals surface area contributed by atoms with Crippen LogP contribution in [0.3, 0.4) is 0 Å². The Morgan fingerprint density at radius 3 is 2.61 bits per heavy atom. The molecule has 4 atom stereocenters. The first-order valence-electron chi connectivity index (χ1n) is 11.7. The minimum Gasteiger partial charge on any atom is -0.483 e. The van der Waals surface area contributed by atoms with Gasteiger partial charge < -0.3 is 19.6 Å². The van der Waals surface area contributed by atoms with Crippen molar-refractivity contribution in [3.05, 3.63) is 42.2 Å². The Balaban J connectivity index is 0.000000821. The molecule has 3 fully saturated rings. The highest BCUT2D eigenvalue weighted by Gasteiger charge is 2.45. The van der Waals surface area contributed by atoms with E-state index >= 15 is 0 Å². The summed E-state index contributed by atoms with van der Waals surface area (Å²) < 4.78 is 6.37. The van der Waals surface area contributed by atoms with E-state index in [2.05, 4.69) is 34.1 Å². The number of aromatic nitrogens is 2. The number of rotatable bonds is 6. The van der Waals surface area contributed by atoms with Crippen LogP contribution in [0.1, 0.15) is 36.0 Å². The molecule has 2 N–H and O–H groups in total. The van der Waals surface area contributed by atoms with E-state index in [1.807, 2.05) is 30.5 Å². The predicted molar refractivity (Wildman–Crippen MR) is 125 cm³/mol. The third-order valence-corrected chi connectivity index (χ3v) is 7.22. The molecule has 33 heavy (non-hydrogen) atoms. The number of likely N-dealkylation sites (N-methyl/N-ethyl adjacent to an activating group) is 1. The lowest BCUT2D eigenvalue weighted by Crippen LogP contribution is -2.48. The van der Waals surface area contributed by atoms with Gasteiger partial charge in [0.1, 0.15) is 0 Å². The molecule has 2 aromatic rings. The number of aromatic amines is 1. The van der Waals surface area contributed by atoms with E-state index in [1.165, 1.54) is 12.8 Å². The summed E-state index contributed by atoms with van der Waals surface area (Å²) in [5.41, 5.74) is 2.79. The zero-order valence-electron chi connectivity index (χ0n) is 19.4. The monoisotopic (exact) mass is 454 g/mol. The summed E-state index contributed by atoms with van der Waals surface area (Å²) in [5.74, 6) is 2.05. The van der Waals surface area contributed by atoms with Crippen LogP contribution in [-0.2, 0) is 9.53 Å². The number of hydrogen-bond acceptors (Lipinski definition) is 5. The summed E-state index contributed by atoms with van der Waals surface area (Å²) in [4.78, 5) is 26.0. The molecule has 0 radical (unpaired) electrons. The van der Waals surface area contributed by atoms with E-state index in [4.69, 9.17) is 14.6 Å². The minimum absolute atomic E-state index is 0.145. The van der Waals surface area contributed by atoms with Gasteiger partial charge in [-0.05, 0) is 75.2 Å². The summed E-state index contributed by atoms with van der Waals surface area (Å²) in [6.07, 6.45) is 8.78. The fraction of sp³-hybridized carbons (Fsp3) is 0.560. The van der Waals surface area contributed by atoms with Crippen LogP contribution >= 0.6 is 0 Å². The van der Waals surface area contributed by atoms with E-state index in [1.54, 1.807) is 6.20 Å². The van der Waals surface area contributed by atoms with Crippen molar-refractivity contribution < 1.29 is 19.4 Å². The quantitative estimate of drug-likeness (QED) is 0.651. The van der Waals surface area contributed by atoms with E-state index < -0.39 is 0 Å². The van der Waals surface area contributed by atoms with Gasteiger partial charge in [0.15, 0.2) is 0 Å². The topological polar surface area (TPSA) is 98.8 Å². The van der Waals surface area contributed by atoms with Crippen LogP contribution in [0, 0.1) is 17.8 Å². The molecular formula is C25H34N4O4. The maximum atomic E-state index is 13.3. The molecule has 8 heteroatoms. The molecule has 1 saturated heterocycles. The SMILES string of the molecule is CN(C)[C@@H]1C[C@@H]2CN(C(=O)c3cccc(-c4cn[nH]c4)c3)C[C@@H]2C[C@H]1OCC1CC1.O=CO. The lowest BCUT2D eigenvalue weighted by atomic mass is 9.77. The highest BCUT2D eigenvalue weighted by Crippen LogP contribution is 2.40. The third-order valence-electron chi connectivity index (χ3n) is 7.22. The number of nitrogens with zero attached hydrogens (tertiary/aromatic N) is 3. The molecule has 1 amide bonds. The number of hydrogen-bond donors (Lipinski definition) is 2. The van der Waals surface area contributed by atoms with Crippen LogP contribution in [0.2, 0.25) is 0 Å². The van der Waals surface area contributed by atoms with Crippen LogP contribution in [-0.4, -0.2) is 83.4 Å². The van der Waals surface area contributed by atoms with E-state index in [9.17, 15) is 4.79 Å². The van der Waals surface area contributed by atoms with E-state index in [0.29, 0.717) is 24.0 Å². The molecule has 5 rings (SSSR count). The number of ether oxygens (including phenoxy) is 1. The first-order valence-corrected chi connectivity index (χ1v) is 11.7. The molecule has 0 unspecified atom stereocenters. The number of nitrogens with one attached hydrogen (secondary N) is 1. The number of fused-ring (bicyclic) bond motifs is 1. The average molecular weight is 455 g/mol. The van der Waals surface area contributed by atoms with Gasteiger partial charge in [0, 0.05) is 43.1 Å². The number of benzene rings is 1. The summed E-state index contributed by atoms with van der Waals surface area (Å²) in [6, 6.07) is 8.35. The van der Waals surface area contributed by atoms with Crippen molar-refractivity contribution in [1.29, 1.82) is 0 Å². The molecule has 1 aliphatic heterocycles. The molecule has 178 valence electrons. The fourth-order valence-electron chi connectivity index (χ4n) is 5.25. The average Bonchev–Trinajstić information content (AvgIpc) is 3.30. The van der Waals surface area contributed by atoms with Gasteiger partial charge in [-0.25, -0.2) is 0 Å². The first kappa shape index (κ1) is 23.4. The van der Waals surface area contributed by atoms with Crippen molar-refractivity contribution >= 4 is 12.4 Å². The van der Waals surface area contributed by atoms with Crippen LogP contribution in [0.25, 0.3) is 11.1 Å². The molecule has 0 spiro atoms. The smallest absolute Gasteiger partial charge is 0.290 e. The van der Waals surface area contributed by atoms with Crippen molar-refractivity contribution in [1.82, 2.24) is 20.0 Å². The van der Waals surface area contributed by atoms with Gasteiger partial charge in [0.25, 0.3) is 12.4 Å². The third kappa shape index (κ3) is 5.62. The van der Waals surface area contributed by atoms with Gasteiger partial charge in [-0.2, -0.15) is 5.10 Å². The first-order chi connectivity index (χ1) is 16.0. The van der Waals surface area contributed by atoms with Crippen molar-refractivity contribution in [3.63, 3.8) is 0 Å². The molecule has 0 bridgehead atoms. The standard InChI is InChI=1S/C24H32N4O2.CH2O2/c1-27(2)22-9-19-13-28(14-20(19)10-23(22)30-15-16-6-7-16)24(29)18-5-3-4-17(8-18)21-11-25-26-12-21;2-1-3/h3-5,8,11-12,16,19-20,22-23H,6-7,9-10,13-15H2,1-2H3,(H,25,26);1H,(H,2,3)/t19-,20+,22-,23-;/m1./s1. The van der Waals surface area contributed by atoms with Gasteiger partial charge in [-0.1, -0.05) is 12.1 Å². The van der Waals surface area contributed by atoms with Gasteiger partial charge in [-0.3, -0.25) is 14.7 Å². The van der Waals surface area contributed by atoms with Gasteiger partial charge in [0.05, 0.1) is 12.3 Å². The number of carbonyl (C=O) groups is 2. The number of carbonyl (C=O) groups excluding carboxylic acids is 1. The summed E-state index contributed by atoms with van der Waals surface area (Å²) >= 11 is 0. The largest absolute Gasteiger partial charge is 0.483 e. The van der Waals surface area contributed by atoms with Crippen molar-refractivity contribution in [3.8, 4) is 11.1 Å². The van der Waals surface area contributed by atoms with Crippen molar-refractivity contribution in [2.45, 2.75) is 37.8 Å². The minimum atomic E-state index is -0.250. The summed E-state index contributed by atoms with van der Waals surface area (Å²) in [6.45, 7) is 2.37. The number of likely N-dealkylation sites (tertiary alicyclic amines) is 1. The zero-order chi connectivity index (χ0) is 23.4.